The number of imide groups is 1. The molecule has 0 fully saturated rings. The predicted molar refractivity (Wildman–Crippen MR) is 43.2 cm³/mol. The Labute approximate surface area is 69.0 Å². The molecule has 0 saturated carbocycles. The fraction of sp³-hybridized carbons (Fsp3) is 0.500. The lowest BCUT2D eigenvalue weighted by molar-refractivity contribution is -0.120. The molecule has 1 atom stereocenters. The standard InChI is InChI=1S/C4H9N3O2S.H2O/c5-2(1-10)3(8)7-4(6)9;/h2,10H,1,5H2,(H3,6,7,8,9);1H2/t2-;/m0./s1. The first-order valence-electron chi connectivity index (χ1n) is 2.54. The number of primary amides is 1. The Bertz CT molecular complexity index is 152. The quantitative estimate of drug-likeness (QED) is 0.355. The number of hydrogen-bond donors (Lipinski definition) is 4. The Kier molecular flexibility index (Phi) is 6.96. The molecule has 0 radical (unpaired) electrons. The number of rotatable bonds is 2. The second kappa shape index (κ2) is 5.96. The van der Waals surface area contributed by atoms with Crippen LogP contribution in [0.3, 0.4) is 0 Å². The fourth-order valence-electron chi connectivity index (χ4n) is 0.297. The first-order chi connectivity index (χ1) is 4.57. The third-order valence-electron chi connectivity index (χ3n) is 0.780. The number of nitrogens with one attached hydrogen (secondary N) is 1. The van der Waals surface area contributed by atoms with Gasteiger partial charge in [-0.25, -0.2) is 4.79 Å². The van der Waals surface area contributed by atoms with Crippen molar-refractivity contribution in [2.75, 3.05) is 5.75 Å². The molecule has 0 aromatic rings. The first-order valence-corrected chi connectivity index (χ1v) is 3.18. The van der Waals surface area contributed by atoms with E-state index >= 15 is 0 Å². The smallest absolute Gasteiger partial charge is 0.318 e. The lowest BCUT2D eigenvalue weighted by Gasteiger charge is -2.05. The largest absolute Gasteiger partial charge is 0.412 e. The number of hydrogen-bond acceptors (Lipinski definition) is 4. The molecule has 0 spiro atoms. The van der Waals surface area contributed by atoms with Crippen LogP contribution in [0.25, 0.3) is 0 Å². The van der Waals surface area contributed by atoms with Gasteiger partial charge >= 0.3 is 6.03 Å². The minimum absolute atomic E-state index is 0. The third-order valence-corrected chi connectivity index (χ3v) is 1.17. The topological polar surface area (TPSA) is 130 Å². The summed E-state index contributed by atoms with van der Waals surface area (Å²) in [5, 5.41) is 1.82. The van der Waals surface area contributed by atoms with Crippen molar-refractivity contribution in [3.8, 4) is 0 Å². The summed E-state index contributed by atoms with van der Waals surface area (Å²) in [7, 11) is 0. The molecule has 7 heteroatoms. The molecule has 7 N–H and O–H groups in total. The Morgan fingerprint density at radius 3 is 2.27 bits per heavy atom. The zero-order chi connectivity index (χ0) is 8.15. The Morgan fingerprint density at radius 2 is 2.00 bits per heavy atom. The van der Waals surface area contributed by atoms with E-state index in [-0.39, 0.29) is 11.2 Å². The molecule has 0 bridgehead atoms. The zero-order valence-electron chi connectivity index (χ0n) is 5.70. The van der Waals surface area contributed by atoms with Gasteiger partial charge in [0.2, 0.25) is 5.91 Å². The summed E-state index contributed by atoms with van der Waals surface area (Å²) in [6, 6.07) is -1.68. The molecule has 66 valence electrons. The maximum atomic E-state index is 10.6. The van der Waals surface area contributed by atoms with E-state index in [1.54, 1.807) is 0 Å². The summed E-state index contributed by atoms with van der Waals surface area (Å²) < 4.78 is 0. The second-order valence-electron chi connectivity index (χ2n) is 1.64. The van der Waals surface area contributed by atoms with Crippen molar-refractivity contribution in [3.05, 3.63) is 0 Å². The first kappa shape index (κ1) is 12.8. The summed E-state index contributed by atoms with van der Waals surface area (Å²) in [5.41, 5.74) is 9.80. The van der Waals surface area contributed by atoms with E-state index in [4.69, 9.17) is 5.73 Å². The van der Waals surface area contributed by atoms with Gasteiger partial charge in [-0.2, -0.15) is 12.6 Å². The number of urea groups is 1. The van der Waals surface area contributed by atoms with E-state index in [1.165, 1.54) is 0 Å². The van der Waals surface area contributed by atoms with Crippen molar-refractivity contribution >= 4 is 24.6 Å². The van der Waals surface area contributed by atoms with Gasteiger partial charge in [-0.1, -0.05) is 0 Å². The van der Waals surface area contributed by atoms with Gasteiger partial charge in [-0.05, 0) is 0 Å². The lowest BCUT2D eigenvalue weighted by atomic mass is 10.3. The molecule has 0 aromatic carbocycles. The number of nitrogens with two attached hydrogens (primary N) is 2. The van der Waals surface area contributed by atoms with Crippen molar-refractivity contribution in [2.45, 2.75) is 6.04 Å². The third kappa shape index (κ3) is 5.64. The summed E-state index contributed by atoms with van der Waals surface area (Å²) >= 11 is 3.74. The highest BCUT2D eigenvalue weighted by atomic mass is 32.1. The molecule has 0 saturated heterocycles. The summed E-state index contributed by atoms with van der Waals surface area (Å²) in [4.78, 5) is 20.6. The van der Waals surface area contributed by atoms with Crippen LogP contribution in [0.15, 0.2) is 0 Å². The van der Waals surface area contributed by atoms with E-state index in [0.717, 1.165) is 0 Å². The molecule has 11 heavy (non-hydrogen) atoms. The van der Waals surface area contributed by atoms with E-state index in [2.05, 4.69) is 18.4 Å². The minimum Gasteiger partial charge on any atom is -0.412 e. The predicted octanol–water partition coefficient (Wildman–Crippen LogP) is -2.39. The van der Waals surface area contributed by atoms with Crippen molar-refractivity contribution in [1.82, 2.24) is 5.32 Å². The van der Waals surface area contributed by atoms with Gasteiger partial charge in [-0.15, -0.1) is 0 Å². The van der Waals surface area contributed by atoms with E-state index in [0.29, 0.717) is 0 Å². The molecule has 6 nitrogen and oxygen atoms in total. The summed E-state index contributed by atoms with van der Waals surface area (Å²) in [5.74, 6) is -0.429. The van der Waals surface area contributed by atoms with Crippen LogP contribution in [-0.2, 0) is 4.79 Å². The van der Waals surface area contributed by atoms with Crippen LogP contribution in [-0.4, -0.2) is 29.2 Å². The molecule has 0 heterocycles. The molecule has 0 rings (SSSR count). The molecule has 0 unspecified atom stereocenters. The van der Waals surface area contributed by atoms with Crippen molar-refractivity contribution in [1.29, 1.82) is 0 Å². The van der Waals surface area contributed by atoms with Crippen molar-refractivity contribution < 1.29 is 15.1 Å². The van der Waals surface area contributed by atoms with E-state index in [9.17, 15) is 9.59 Å². The van der Waals surface area contributed by atoms with Gasteiger partial charge in [0.1, 0.15) is 0 Å². The minimum atomic E-state index is -0.901. The molecular weight excluding hydrogens is 170 g/mol. The van der Waals surface area contributed by atoms with Crippen LogP contribution < -0.4 is 16.8 Å². The normalized spacial score (nSPS) is 11.1. The van der Waals surface area contributed by atoms with Crippen LogP contribution in [0, 0.1) is 0 Å². The van der Waals surface area contributed by atoms with E-state index in [1.807, 2.05) is 5.32 Å². The highest BCUT2D eigenvalue weighted by molar-refractivity contribution is 7.80. The molecular formula is C4H11N3O3S. The molecule has 3 amide bonds. The monoisotopic (exact) mass is 181 g/mol. The lowest BCUT2D eigenvalue weighted by Crippen LogP contribution is -2.46. The SMILES string of the molecule is NC(=O)NC(=O)[C@@H](N)CS.O. The molecule has 0 aromatic heterocycles. The Hall–Kier alpha value is -0.790. The second-order valence-corrected chi connectivity index (χ2v) is 2.01. The number of thiol groups is 1. The number of carbonyl (C=O) groups is 2. The summed E-state index contributed by atoms with van der Waals surface area (Å²) in [6.07, 6.45) is 0. The van der Waals surface area contributed by atoms with Crippen molar-refractivity contribution in [3.63, 3.8) is 0 Å². The average Bonchev–Trinajstić information content (AvgIpc) is 1.85. The van der Waals surface area contributed by atoms with Gasteiger partial charge in [-0.3, -0.25) is 10.1 Å². The van der Waals surface area contributed by atoms with Crippen molar-refractivity contribution in [2.24, 2.45) is 11.5 Å². The Balaban J connectivity index is 0. The van der Waals surface area contributed by atoms with E-state index < -0.39 is 18.0 Å². The molecule has 0 aliphatic heterocycles. The summed E-state index contributed by atoms with van der Waals surface area (Å²) in [6.45, 7) is 0. The van der Waals surface area contributed by atoms with Crippen LogP contribution >= 0.6 is 12.6 Å². The van der Waals surface area contributed by atoms with Crippen LogP contribution in [0.2, 0.25) is 0 Å². The maximum Gasteiger partial charge on any atom is 0.318 e. The zero-order valence-corrected chi connectivity index (χ0v) is 6.60. The Morgan fingerprint density at radius 1 is 1.55 bits per heavy atom. The van der Waals surface area contributed by atoms with Gasteiger partial charge < -0.3 is 16.9 Å². The molecule has 0 aliphatic carbocycles. The van der Waals surface area contributed by atoms with Gasteiger partial charge in [0.05, 0.1) is 6.04 Å². The van der Waals surface area contributed by atoms with Gasteiger partial charge in [0.15, 0.2) is 0 Å². The molecule has 0 aliphatic rings. The van der Waals surface area contributed by atoms with Crippen LogP contribution in [0.1, 0.15) is 0 Å². The van der Waals surface area contributed by atoms with Gasteiger partial charge in [0, 0.05) is 5.75 Å². The highest BCUT2D eigenvalue weighted by Gasteiger charge is 2.11. The average molecular weight is 181 g/mol. The maximum absolute atomic E-state index is 10.6. The van der Waals surface area contributed by atoms with Gasteiger partial charge in [0.25, 0.3) is 0 Å². The van der Waals surface area contributed by atoms with Crippen LogP contribution in [0.4, 0.5) is 4.79 Å². The number of carbonyl (C=O) groups excluding carboxylic acids is 2. The highest BCUT2D eigenvalue weighted by Crippen LogP contribution is 1.81. The number of amides is 3. The van der Waals surface area contributed by atoms with Crippen LogP contribution in [0.5, 0.6) is 0 Å². The fourth-order valence-corrected chi connectivity index (χ4v) is 0.463.